The Bertz CT molecular complexity index is 1140. The van der Waals surface area contributed by atoms with Gasteiger partial charge in [0.05, 0.1) is 25.3 Å². The third-order valence-corrected chi connectivity index (χ3v) is 6.51. The van der Waals surface area contributed by atoms with Gasteiger partial charge in [-0.25, -0.2) is 0 Å². The van der Waals surface area contributed by atoms with Crippen molar-refractivity contribution in [3.63, 3.8) is 0 Å². The average Bonchev–Trinajstić information content (AvgIpc) is 3.26. The van der Waals surface area contributed by atoms with Gasteiger partial charge in [0.25, 0.3) is 0 Å². The van der Waals surface area contributed by atoms with Gasteiger partial charge in [0, 0.05) is 12.2 Å². The molecule has 9 heteroatoms. The monoisotopic (exact) mass is 495 g/mol. The van der Waals surface area contributed by atoms with Crippen LogP contribution in [0, 0.1) is 0 Å². The van der Waals surface area contributed by atoms with Crippen molar-refractivity contribution >= 4 is 29.3 Å². The van der Waals surface area contributed by atoms with Crippen molar-refractivity contribution in [3.8, 4) is 5.75 Å². The second-order valence-corrected chi connectivity index (χ2v) is 9.42. The Labute approximate surface area is 210 Å². The van der Waals surface area contributed by atoms with Crippen molar-refractivity contribution in [2.24, 2.45) is 0 Å². The zero-order valence-electron chi connectivity index (χ0n) is 20.9. The van der Waals surface area contributed by atoms with Crippen molar-refractivity contribution in [2.45, 2.75) is 57.8 Å². The number of nitrogens with zero attached hydrogens (tertiary/aromatic N) is 3. The molecule has 2 aromatic carbocycles. The van der Waals surface area contributed by atoms with E-state index in [-0.39, 0.29) is 30.0 Å². The first kappa shape index (κ1) is 26.3. The third kappa shape index (κ3) is 7.08. The van der Waals surface area contributed by atoms with E-state index < -0.39 is 0 Å². The lowest BCUT2D eigenvalue weighted by Gasteiger charge is -2.15. The molecule has 0 radical (unpaired) electrons. The zero-order valence-corrected chi connectivity index (χ0v) is 21.7. The quantitative estimate of drug-likeness (QED) is 0.378. The Morgan fingerprint density at radius 3 is 2.40 bits per heavy atom. The molecule has 0 saturated carbocycles. The summed E-state index contributed by atoms with van der Waals surface area (Å²) in [5, 5.41) is 15.2. The number of rotatable bonds is 11. The number of aromatic nitrogens is 3. The van der Waals surface area contributed by atoms with Crippen molar-refractivity contribution in [3.05, 3.63) is 65.5 Å². The minimum Gasteiger partial charge on any atom is -0.497 e. The molecule has 0 aliphatic heterocycles. The molecule has 0 fully saturated rings. The minimum atomic E-state index is -0.325. The molecule has 1 heterocycles. The van der Waals surface area contributed by atoms with Gasteiger partial charge in [-0.2, -0.15) is 0 Å². The Hall–Kier alpha value is -3.33. The fraction of sp³-hybridized carbons (Fsp3) is 0.385. The summed E-state index contributed by atoms with van der Waals surface area (Å²) in [4.78, 5) is 25.2. The second kappa shape index (κ2) is 12.4. The van der Waals surface area contributed by atoms with Crippen LogP contribution in [0.3, 0.4) is 0 Å². The summed E-state index contributed by atoms with van der Waals surface area (Å²) in [6.07, 6.45) is 0.258. The van der Waals surface area contributed by atoms with E-state index in [2.05, 4.69) is 34.7 Å². The number of carbonyl (C=O) groups is 2. The molecule has 3 rings (SSSR count). The maximum atomic E-state index is 12.6. The molecule has 2 N–H and O–H groups in total. The highest BCUT2D eigenvalue weighted by Crippen LogP contribution is 2.25. The molecule has 0 saturated heterocycles. The van der Waals surface area contributed by atoms with Gasteiger partial charge in [0.2, 0.25) is 11.8 Å². The molecule has 1 unspecified atom stereocenters. The second-order valence-electron chi connectivity index (χ2n) is 8.48. The fourth-order valence-electron chi connectivity index (χ4n) is 3.74. The first-order valence-electron chi connectivity index (χ1n) is 11.7. The number of amides is 2. The number of nitrogens with one attached hydrogen (secondary N) is 2. The van der Waals surface area contributed by atoms with Crippen LogP contribution in [0.15, 0.2) is 53.7 Å². The van der Waals surface area contributed by atoms with Crippen LogP contribution >= 0.6 is 11.8 Å². The number of benzene rings is 2. The Morgan fingerprint density at radius 2 is 1.74 bits per heavy atom. The number of methoxy groups -OCH3 is 1. The van der Waals surface area contributed by atoms with Gasteiger partial charge in [0.15, 0.2) is 11.0 Å². The van der Waals surface area contributed by atoms with E-state index in [1.165, 1.54) is 11.8 Å². The molecule has 3 aromatic rings. The normalized spacial score (nSPS) is 11.8. The van der Waals surface area contributed by atoms with Gasteiger partial charge in [-0.3, -0.25) is 9.59 Å². The van der Waals surface area contributed by atoms with Crippen LogP contribution in [0.1, 0.15) is 56.6 Å². The minimum absolute atomic E-state index is 0.101. The van der Waals surface area contributed by atoms with E-state index in [4.69, 9.17) is 4.74 Å². The van der Waals surface area contributed by atoms with E-state index in [0.29, 0.717) is 23.4 Å². The van der Waals surface area contributed by atoms with Crippen LogP contribution in [0.4, 0.5) is 5.69 Å². The molecule has 8 nitrogen and oxygen atoms in total. The fourth-order valence-corrected chi connectivity index (χ4v) is 4.55. The van der Waals surface area contributed by atoms with Crippen LogP contribution in [-0.4, -0.2) is 39.4 Å². The number of carbonyl (C=O) groups excluding carboxylic acids is 2. The predicted octanol–water partition coefficient (Wildman–Crippen LogP) is 4.58. The molecule has 35 heavy (non-hydrogen) atoms. The van der Waals surface area contributed by atoms with Gasteiger partial charge < -0.3 is 19.9 Å². The van der Waals surface area contributed by atoms with Crippen LogP contribution in [0.2, 0.25) is 0 Å². The van der Waals surface area contributed by atoms with Crippen molar-refractivity contribution in [2.75, 3.05) is 18.2 Å². The van der Waals surface area contributed by atoms with E-state index in [1.54, 1.807) is 7.11 Å². The zero-order chi connectivity index (χ0) is 25.4. The maximum Gasteiger partial charge on any atom is 0.234 e. The molecule has 0 bridgehead atoms. The Kier molecular flexibility index (Phi) is 9.31. The largest absolute Gasteiger partial charge is 0.497 e. The maximum absolute atomic E-state index is 12.6. The molecule has 186 valence electrons. The van der Waals surface area contributed by atoms with Gasteiger partial charge in [-0.1, -0.05) is 55.9 Å². The highest BCUT2D eigenvalue weighted by molar-refractivity contribution is 7.99. The summed E-state index contributed by atoms with van der Waals surface area (Å²) in [7, 11) is 1.61. The molecule has 1 atom stereocenters. The average molecular weight is 496 g/mol. The topological polar surface area (TPSA) is 98.1 Å². The molecule has 2 amide bonds. The van der Waals surface area contributed by atoms with Crippen molar-refractivity contribution in [1.29, 1.82) is 0 Å². The smallest absolute Gasteiger partial charge is 0.234 e. The van der Waals surface area contributed by atoms with Crippen LogP contribution in [0.5, 0.6) is 5.75 Å². The number of hydrogen-bond acceptors (Lipinski definition) is 6. The number of anilines is 1. The lowest BCUT2D eigenvalue weighted by atomic mass is 10.0. The van der Waals surface area contributed by atoms with Gasteiger partial charge >= 0.3 is 0 Å². The molecule has 0 aliphatic rings. The summed E-state index contributed by atoms with van der Waals surface area (Å²) >= 11 is 1.33. The summed E-state index contributed by atoms with van der Waals surface area (Å²) in [6.45, 7) is 8.69. The summed E-state index contributed by atoms with van der Waals surface area (Å²) in [5.74, 6) is 1.72. The van der Waals surface area contributed by atoms with E-state index in [0.717, 1.165) is 22.6 Å². The van der Waals surface area contributed by atoms with E-state index in [9.17, 15) is 9.59 Å². The Balaban J connectivity index is 1.58. The SMILES string of the molecule is CCn1c(SCC(=O)Nc2ccccc2C(C)C)nnc1C(C)NC(=O)Cc1ccc(OC)cc1. The van der Waals surface area contributed by atoms with Crippen LogP contribution in [-0.2, 0) is 22.6 Å². The van der Waals surface area contributed by atoms with E-state index in [1.807, 2.05) is 66.9 Å². The lowest BCUT2D eigenvalue weighted by Crippen LogP contribution is -2.30. The summed E-state index contributed by atoms with van der Waals surface area (Å²) in [6, 6.07) is 14.9. The summed E-state index contributed by atoms with van der Waals surface area (Å²) < 4.78 is 7.09. The van der Waals surface area contributed by atoms with Gasteiger partial charge in [0.1, 0.15) is 5.75 Å². The summed E-state index contributed by atoms with van der Waals surface area (Å²) in [5.41, 5.74) is 2.83. The lowest BCUT2D eigenvalue weighted by molar-refractivity contribution is -0.121. The van der Waals surface area contributed by atoms with E-state index >= 15 is 0 Å². The third-order valence-electron chi connectivity index (χ3n) is 5.54. The number of ether oxygens (including phenoxy) is 1. The molecule has 0 aliphatic carbocycles. The first-order chi connectivity index (χ1) is 16.8. The first-order valence-corrected chi connectivity index (χ1v) is 12.7. The van der Waals surface area contributed by atoms with Crippen LogP contribution in [0.25, 0.3) is 0 Å². The predicted molar refractivity (Wildman–Crippen MR) is 139 cm³/mol. The Morgan fingerprint density at radius 1 is 1.03 bits per heavy atom. The van der Waals surface area contributed by atoms with Gasteiger partial charge in [-0.05, 0) is 49.1 Å². The van der Waals surface area contributed by atoms with Crippen LogP contribution < -0.4 is 15.4 Å². The standard InChI is InChI=1S/C26H33N5O3S/c1-6-31-25(18(4)27-23(32)15-19-11-13-20(34-5)14-12-19)29-30-26(31)35-16-24(33)28-22-10-8-7-9-21(22)17(2)3/h7-14,17-18H,6,15-16H2,1-5H3,(H,27,32)(H,28,33). The number of hydrogen-bond donors (Lipinski definition) is 2. The molecule has 0 spiro atoms. The van der Waals surface area contributed by atoms with Crippen molar-refractivity contribution < 1.29 is 14.3 Å². The highest BCUT2D eigenvalue weighted by Gasteiger charge is 2.20. The highest BCUT2D eigenvalue weighted by atomic mass is 32.2. The van der Waals surface area contributed by atoms with Gasteiger partial charge in [-0.15, -0.1) is 10.2 Å². The molecular formula is C26H33N5O3S. The van der Waals surface area contributed by atoms with Crippen molar-refractivity contribution in [1.82, 2.24) is 20.1 Å². The number of thioether (sulfide) groups is 1. The molecular weight excluding hydrogens is 462 g/mol. The molecule has 1 aromatic heterocycles. The number of para-hydroxylation sites is 1.